The minimum absolute atomic E-state index is 0.258. The summed E-state index contributed by atoms with van der Waals surface area (Å²) in [4.78, 5) is 12.8. The van der Waals surface area contributed by atoms with Crippen LogP contribution in [0.5, 0.6) is 11.5 Å². The highest BCUT2D eigenvalue weighted by Gasteiger charge is 2.13. The van der Waals surface area contributed by atoms with Gasteiger partial charge in [0.25, 0.3) is 0 Å². The Labute approximate surface area is 141 Å². The van der Waals surface area contributed by atoms with Crippen molar-refractivity contribution in [1.82, 2.24) is 15.0 Å². The Bertz CT molecular complexity index is 707. The van der Waals surface area contributed by atoms with Crippen molar-refractivity contribution in [2.45, 2.75) is 33.1 Å². The smallest absolute Gasteiger partial charge is 0.231 e. The first-order chi connectivity index (χ1) is 11.6. The van der Waals surface area contributed by atoms with Crippen LogP contribution in [0.2, 0.25) is 0 Å². The molecule has 24 heavy (non-hydrogen) atoms. The molecule has 0 amide bonds. The quantitative estimate of drug-likeness (QED) is 0.805. The normalized spacial score (nSPS) is 13.8. The summed E-state index contributed by atoms with van der Waals surface area (Å²) in [6, 6.07) is 5.97. The lowest BCUT2D eigenvalue weighted by Gasteiger charge is -2.10. The summed E-state index contributed by atoms with van der Waals surface area (Å²) in [5.74, 6) is 3.64. The van der Waals surface area contributed by atoms with Gasteiger partial charge in [-0.2, -0.15) is 15.0 Å². The monoisotopic (exact) mass is 329 g/mol. The van der Waals surface area contributed by atoms with Crippen molar-refractivity contribution in [3.8, 4) is 11.5 Å². The van der Waals surface area contributed by atoms with E-state index < -0.39 is 0 Å². The number of nitrogens with one attached hydrogen (secondary N) is 1. The maximum atomic E-state index is 5.79. The van der Waals surface area contributed by atoms with Crippen LogP contribution in [0.1, 0.15) is 31.7 Å². The molecule has 0 aliphatic carbocycles. The molecule has 2 heterocycles. The Kier molecular flexibility index (Phi) is 4.98. The van der Waals surface area contributed by atoms with Gasteiger partial charge in [-0.15, -0.1) is 0 Å². The van der Waals surface area contributed by atoms with Gasteiger partial charge in [-0.05, 0) is 30.0 Å². The summed E-state index contributed by atoms with van der Waals surface area (Å²) >= 11 is 0. The molecular formula is C17H23N5O2. The molecule has 1 aromatic heterocycles. The molecule has 0 saturated carbocycles. The predicted octanol–water partition coefficient (Wildman–Crippen LogP) is 2.43. The van der Waals surface area contributed by atoms with Gasteiger partial charge in [0, 0.05) is 13.0 Å². The molecule has 1 unspecified atom stereocenters. The van der Waals surface area contributed by atoms with Gasteiger partial charge in [0.15, 0.2) is 11.5 Å². The molecule has 0 spiro atoms. The molecule has 7 nitrogen and oxygen atoms in total. The van der Waals surface area contributed by atoms with E-state index in [2.05, 4.69) is 34.1 Å². The van der Waals surface area contributed by atoms with Gasteiger partial charge >= 0.3 is 0 Å². The number of rotatable bonds is 7. The first-order valence-corrected chi connectivity index (χ1v) is 8.27. The van der Waals surface area contributed by atoms with E-state index in [4.69, 9.17) is 15.2 Å². The first-order valence-electron chi connectivity index (χ1n) is 8.27. The summed E-state index contributed by atoms with van der Waals surface area (Å²) in [5.41, 5.74) is 6.95. The third kappa shape index (κ3) is 4.04. The lowest BCUT2D eigenvalue weighted by molar-refractivity contribution is 0.174. The highest BCUT2D eigenvalue weighted by molar-refractivity contribution is 5.44. The van der Waals surface area contributed by atoms with Crippen LogP contribution in [0, 0.1) is 5.92 Å². The highest BCUT2D eigenvalue weighted by Crippen LogP contribution is 2.32. The zero-order valence-corrected chi connectivity index (χ0v) is 14.1. The second-order valence-corrected chi connectivity index (χ2v) is 6.02. The fraction of sp³-hybridized carbons (Fsp3) is 0.471. The Balaban J connectivity index is 1.58. The SMILES string of the molecule is CCC(C)Cc1nc(N)nc(NCCc2ccc3c(c2)OCO3)n1. The summed E-state index contributed by atoms with van der Waals surface area (Å²) < 4.78 is 10.7. The van der Waals surface area contributed by atoms with Crippen LogP contribution in [0.25, 0.3) is 0 Å². The third-order valence-corrected chi connectivity index (χ3v) is 4.06. The maximum absolute atomic E-state index is 5.79. The molecule has 0 fully saturated rings. The molecule has 0 bridgehead atoms. The van der Waals surface area contributed by atoms with E-state index in [0.717, 1.165) is 42.1 Å². The molecule has 7 heteroatoms. The average molecular weight is 329 g/mol. The van der Waals surface area contributed by atoms with Gasteiger partial charge in [0.2, 0.25) is 18.7 Å². The van der Waals surface area contributed by atoms with Gasteiger partial charge in [0.05, 0.1) is 0 Å². The summed E-state index contributed by atoms with van der Waals surface area (Å²) in [7, 11) is 0. The van der Waals surface area contributed by atoms with E-state index in [9.17, 15) is 0 Å². The van der Waals surface area contributed by atoms with Crippen LogP contribution in [0.15, 0.2) is 18.2 Å². The van der Waals surface area contributed by atoms with Crippen molar-refractivity contribution in [3.63, 3.8) is 0 Å². The van der Waals surface area contributed by atoms with Crippen LogP contribution in [-0.4, -0.2) is 28.3 Å². The molecule has 128 valence electrons. The Morgan fingerprint density at radius 1 is 1.21 bits per heavy atom. The second kappa shape index (κ2) is 7.33. The molecule has 0 radical (unpaired) electrons. The number of fused-ring (bicyclic) bond motifs is 1. The lowest BCUT2D eigenvalue weighted by Crippen LogP contribution is -2.13. The third-order valence-electron chi connectivity index (χ3n) is 4.06. The minimum Gasteiger partial charge on any atom is -0.454 e. The number of nitrogens with two attached hydrogens (primary N) is 1. The van der Waals surface area contributed by atoms with Gasteiger partial charge < -0.3 is 20.5 Å². The van der Waals surface area contributed by atoms with E-state index in [-0.39, 0.29) is 5.95 Å². The molecule has 3 N–H and O–H groups in total. The molecular weight excluding hydrogens is 306 g/mol. The average Bonchev–Trinajstić information content (AvgIpc) is 3.02. The minimum atomic E-state index is 0.258. The van der Waals surface area contributed by atoms with E-state index in [1.54, 1.807) is 0 Å². The van der Waals surface area contributed by atoms with E-state index >= 15 is 0 Å². The van der Waals surface area contributed by atoms with E-state index in [0.29, 0.717) is 25.2 Å². The van der Waals surface area contributed by atoms with Crippen LogP contribution < -0.4 is 20.5 Å². The number of ether oxygens (including phenoxy) is 2. The van der Waals surface area contributed by atoms with Crippen molar-refractivity contribution in [2.24, 2.45) is 5.92 Å². The topological polar surface area (TPSA) is 95.2 Å². The van der Waals surface area contributed by atoms with Crippen LogP contribution in [-0.2, 0) is 12.8 Å². The first kappa shape index (κ1) is 16.3. The van der Waals surface area contributed by atoms with E-state index in [1.807, 2.05) is 18.2 Å². The number of nitrogen functional groups attached to an aromatic ring is 1. The number of anilines is 2. The summed E-state index contributed by atoms with van der Waals surface area (Å²) in [5, 5.41) is 3.22. The van der Waals surface area contributed by atoms with Crippen molar-refractivity contribution >= 4 is 11.9 Å². The molecule has 0 saturated heterocycles. The number of hydrogen-bond donors (Lipinski definition) is 2. The van der Waals surface area contributed by atoms with Gasteiger partial charge in [-0.25, -0.2) is 0 Å². The Morgan fingerprint density at radius 2 is 2.04 bits per heavy atom. The molecule has 1 atom stereocenters. The summed E-state index contributed by atoms with van der Waals surface area (Å²) in [6.45, 7) is 5.32. The second-order valence-electron chi connectivity index (χ2n) is 6.02. The zero-order chi connectivity index (χ0) is 16.9. The Hall–Kier alpha value is -2.57. The van der Waals surface area contributed by atoms with Crippen molar-refractivity contribution in [3.05, 3.63) is 29.6 Å². The van der Waals surface area contributed by atoms with Crippen LogP contribution >= 0.6 is 0 Å². The molecule has 3 rings (SSSR count). The largest absolute Gasteiger partial charge is 0.454 e. The maximum Gasteiger partial charge on any atom is 0.231 e. The fourth-order valence-corrected chi connectivity index (χ4v) is 2.48. The van der Waals surface area contributed by atoms with Crippen molar-refractivity contribution in [2.75, 3.05) is 24.4 Å². The van der Waals surface area contributed by atoms with Gasteiger partial charge in [-0.3, -0.25) is 0 Å². The molecule has 1 aliphatic rings. The van der Waals surface area contributed by atoms with Crippen LogP contribution in [0.4, 0.5) is 11.9 Å². The zero-order valence-electron chi connectivity index (χ0n) is 14.1. The van der Waals surface area contributed by atoms with E-state index in [1.165, 1.54) is 0 Å². The predicted molar refractivity (Wildman–Crippen MR) is 92.2 cm³/mol. The Morgan fingerprint density at radius 3 is 2.88 bits per heavy atom. The number of aromatic nitrogens is 3. The highest BCUT2D eigenvalue weighted by atomic mass is 16.7. The molecule has 1 aliphatic heterocycles. The van der Waals surface area contributed by atoms with Crippen molar-refractivity contribution < 1.29 is 9.47 Å². The molecule has 1 aromatic carbocycles. The number of hydrogen-bond acceptors (Lipinski definition) is 7. The number of nitrogens with zero attached hydrogens (tertiary/aromatic N) is 3. The lowest BCUT2D eigenvalue weighted by atomic mass is 10.1. The standard InChI is InChI=1S/C17H23N5O2/c1-3-11(2)8-15-20-16(18)22-17(21-15)19-7-6-12-4-5-13-14(9-12)24-10-23-13/h4-5,9,11H,3,6-8,10H2,1-2H3,(H3,18,19,20,21,22). The van der Waals surface area contributed by atoms with Gasteiger partial charge in [-0.1, -0.05) is 26.3 Å². The van der Waals surface area contributed by atoms with Crippen LogP contribution in [0.3, 0.4) is 0 Å². The molecule has 2 aromatic rings. The fourth-order valence-electron chi connectivity index (χ4n) is 2.48. The van der Waals surface area contributed by atoms with Crippen molar-refractivity contribution in [1.29, 1.82) is 0 Å². The number of benzene rings is 1. The summed E-state index contributed by atoms with van der Waals surface area (Å²) in [6.07, 6.45) is 2.71. The van der Waals surface area contributed by atoms with Gasteiger partial charge in [0.1, 0.15) is 5.82 Å².